The quantitative estimate of drug-likeness (QED) is 0.248. The molecule has 0 bridgehead atoms. The molecule has 0 saturated carbocycles. The Morgan fingerprint density at radius 3 is 2.21 bits per heavy atom. The lowest BCUT2D eigenvalue weighted by atomic mass is 9.95. The zero-order valence-electron chi connectivity index (χ0n) is 19.3. The number of thiophene rings is 1. The van der Waals surface area contributed by atoms with Crippen LogP contribution in [-0.4, -0.2) is 14.5 Å². The van der Waals surface area contributed by atoms with E-state index in [1.165, 1.54) is 42.7 Å². The summed E-state index contributed by atoms with van der Waals surface area (Å²) in [6, 6.07) is 30.4. The summed E-state index contributed by atoms with van der Waals surface area (Å²) in [7, 11) is 0. The molecule has 0 N–H and O–H groups in total. The second-order valence-electron chi connectivity index (χ2n) is 9.93. The third kappa shape index (κ3) is 2.69. The second-order valence-corrected chi connectivity index (χ2v) is 11.0. The minimum absolute atomic E-state index is 0.169. The molecule has 7 rings (SSSR count). The van der Waals surface area contributed by atoms with Gasteiger partial charge in [0.1, 0.15) is 5.82 Å². The fraction of sp³-hybridized carbons (Fsp3) is 0.133. The van der Waals surface area contributed by atoms with Crippen molar-refractivity contribution in [3.63, 3.8) is 0 Å². The average Bonchev–Trinajstić information content (AvgIpc) is 3.39. The molecule has 4 aromatic carbocycles. The fourth-order valence-electron chi connectivity index (χ4n) is 5.03. The third-order valence-corrected chi connectivity index (χ3v) is 7.80. The van der Waals surface area contributed by atoms with E-state index < -0.39 is 0 Å². The molecule has 3 heterocycles. The summed E-state index contributed by atoms with van der Waals surface area (Å²) in [5.41, 5.74) is 3.22. The molecule has 0 aliphatic heterocycles. The standard InChI is InChI=1S/C30H23N3S/c1-30(2,3)29-31-26-21-13-7-9-15-24(21)34-27(26)28(32-29)33-22-14-8-6-12-20(22)25-19-11-5-4-10-18(19)16-17-23(25)33/h4-17H,1-3H3. The molecule has 0 fully saturated rings. The van der Waals surface area contributed by atoms with Crippen LogP contribution in [0.4, 0.5) is 0 Å². The van der Waals surface area contributed by atoms with Crippen LogP contribution >= 0.6 is 11.3 Å². The van der Waals surface area contributed by atoms with Gasteiger partial charge < -0.3 is 0 Å². The fourth-order valence-corrected chi connectivity index (χ4v) is 6.15. The molecule has 0 aliphatic carbocycles. The van der Waals surface area contributed by atoms with E-state index >= 15 is 0 Å². The van der Waals surface area contributed by atoms with Gasteiger partial charge in [0.2, 0.25) is 0 Å². The highest BCUT2D eigenvalue weighted by Gasteiger charge is 2.25. The Kier molecular flexibility index (Phi) is 3.98. The van der Waals surface area contributed by atoms with Gasteiger partial charge in [0.25, 0.3) is 0 Å². The summed E-state index contributed by atoms with van der Waals surface area (Å²) < 4.78 is 4.72. The first-order valence-electron chi connectivity index (χ1n) is 11.6. The van der Waals surface area contributed by atoms with E-state index in [0.717, 1.165) is 21.9 Å². The van der Waals surface area contributed by atoms with E-state index in [2.05, 4.69) is 110 Å². The lowest BCUT2D eigenvalue weighted by molar-refractivity contribution is 0.547. The highest BCUT2D eigenvalue weighted by Crippen LogP contribution is 2.41. The van der Waals surface area contributed by atoms with Gasteiger partial charge in [-0.1, -0.05) is 87.5 Å². The average molecular weight is 458 g/mol. The SMILES string of the molecule is CC(C)(C)c1nc(-n2c3ccccc3c3c4ccccc4ccc32)c2sc3ccccc3c2n1. The lowest BCUT2D eigenvalue weighted by Gasteiger charge is -2.18. The number of fused-ring (bicyclic) bond motifs is 8. The Morgan fingerprint density at radius 2 is 1.38 bits per heavy atom. The van der Waals surface area contributed by atoms with Crippen LogP contribution < -0.4 is 0 Å². The van der Waals surface area contributed by atoms with Gasteiger partial charge >= 0.3 is 0 Å². The van der Waals surface area contributed by atoms with Crippen LogP contribution in [-0.2, 0) is 5.41 Å². The van der Waals surface area contributed by atoms with Crippen LogP contribution in [0.1, 0.15) is 26.6 Å². The number of rotatable bonds is 1. The van der Waals surface area contributed by atoms with E-state index in [1.54, 1.807) is 11.3 Å². The van der Waals surface area contributed by atoms with Crippen molar-refractivity contribution in [3.8, 4) is 5.82 Å². The highest BCUT2D eigenvalue weighted by atomic mass is 32.1. The molecule has 0 spiro atoms. The van der Waals surface area contributed by atoms with Crippen LogP contribution in [0.15, 0.2) is 84.9 Å². The van der Waals surface area contributed by atoms with Gasteiger partial charge in [-0.2, -0.15) is 0 Å². The number of benzene rings is 4. The molecule has 0 aliphatic rings. The first-order chi connectivity index (χ1) is 16.5. The minimum atomic E-state index is -0.169. The molecular weight excluding hydrogens is 434 g/mol. The van der Waals surface area contributed by atoms with E-state index in [0.29, 0.717) is 0 Å². The van der Waals surface area contributed by atoms with E-state index in [9.17, 15) is 0 Å². The van der Waals surface area contributed by atoms with Crippen LogP contribution in [0.25, 0.3) is 58.7 Å². The van der Waals surface area contributed by atoms with Gasteiger partial charge in [0, 0.05) is 26.3 Å². The summed E-state index contributed by atoms with van der Waals surface area (Å²) >= 11 is 1.78. The van der Waals surface area contributed by atoms with Gasteiger partial charge in [-0.3, -0.25) is 4.57 Å². The molecule has 3 aromatic heterocycles. The van der Waals surface area contributed by atoms with E-state index in [4.69, 9.17) is 9.97 Å². The Morgan fingerprint density at radius 1 is 0.676 bits per heavy atom. The smallest absolute Gasteiger partial charge is 0.159 e. The second kappa shape index (κ2) is 6.87. The maximum atomic E-state index is 5.25. The summed E-state index contributed by atoms with van der Waals surface area (Å²) in [4.78, 5) is 10.4. The maximum absolute atomic E-state index is 5.25. The van der Waals surface area contributed by atoms with Crippen molar-refractivity contribution in [3.05, 3.63) is 90.8 Å². The normalized spacial score (nSPS) is 12.6. The third-order valence-electron chi connectivity index (χ3n) is 6.65. The van der Waals surface area contributed by atoms with E-state index in [-0.39, 0.29) is 5.41 Å². The first kappa shape index (κ1) is 19.7. The van der Waals surface area contributed by atoms with Crippen molar-refractivity contribution in [2.24, 2.45) is 0 Å². The van der Waals surface area contributed by atoms with Crippen LogP contribution in [0.5, 0.6) is 0 Å². The number of hydrogen-bond donors (Lipinski definition) is 0. The molecule has 4 heteroatoms. The van der Waals surface area contributed by atoms with Gasteiger partial charge in [-0.25, -0.2) is 9.97 Å². The first-order valence-corrected chi connectivity index (χ1v) is 12.4. The summed E-state index contributed by atoms with van der Waals surface area (Å²) in [6.45, 7) is 6.56. The van der Waals surface area contributed by atoms with Gasteiger partial charge in [-0.15, -0.1) is 11.3 Å². The largest absolute Gasteiger partial charge is 0.292 e. The molecule has 0 atom stereocenters. The van der Waals surface area contributed by atoms with Crippen LogP contribution in [0.3, 0.4) is 0 Å². The number of para-hydroxylation sites is 1. The van der Waals surface area contributed by atoms with Gasteiger partial charge in [0.05, 0.1) is 21.3 Å². The molecular formula is C30H23N3S. The van der Waals surface area contributed by atoms with E-state index in [1.807, 2.05) is 0 Å². The van der Waals surface area contributed by atoms with Crippen LogP contribution in [0, 0.1) is 0 Å². The Hall–Kier alpha value is -3.76. The molecule has 0 unspecified atom stereocenters. The van der Waals surface area contributed by atoms with Crippen molar-refractivity contribution < 1.29 is 0 Å². The zero-order chi connectivity index (χ0) is 23.0. The van der Waals surface area contributed by atoms with Crippen molar-refractivity contribution in [1.82, 2.24) is 14.5 Å². The van der Waals surface area contributed by atoms with Gasteiger partial charge in [0.15, 0.2) is 5.82 Å². The number of hydrogen-bond acceptors (Lipinski definition) is 3. The Balaban J connectivity index is 1.72. The lowest BCUT2D eigenvalue weighted by Crippen LogP contribution is -2.17. The molecule has 0 amide bonds. The molecule has 3 nitrogen and oxygen atoms in total. The summed E-state index contributed by atoms with van der Waals surface area (Å²) in [5, 5.41) is 6.25. The molecule has 164 valence electrons. The van der Waals surface area contributed by atoms with Crippen molar-refractivity contribution in [2.75, 3.05) is 0 Å². The highest BCUT2D eigenvalue weighted by molar-refractivity contribution is 7.26. The maximum Gasteiger partial charge on any atom is 0.159 e. The monoisotopic (exact) mass is 457 g/mol. The van der Waals surface area contributed by atoms with Crippen molar-refractivity contribution in [1.29, 1.82) is 0 Å². The topological polar surface area (TPSA) is 30.7 Å². The number of aromatic nitrogens is 3. The molecule has 34 heavy (non-hydrogen) atoms. The minimum Gasteiger partial charge on any atom is -0.292 e. The van der Waals surface area contributed by atoms with Crippen molar-refractivity contribution in [2.45, 2.75) is 26.2 Å². The molecule has 0 saturated heterocycles. The predicted octanol–water partition coefficient (Wildman–Crippen LogP) is 8.39. The summed E-state index contributed by atoms with van der Waals surface area (Å²) in [6.07, 6.45) is 0. The molecule has 7 aromatic rings. The number of nitrogens with zero attached hydrogens (tertiary/aromatic N) is 3. The van der Waals surface area contributed by atoms with Crippen LogP contribution in [0.2, 0.25) is 0 Å². The predicted molar refractivity (Wildman–Crippen MR) is 145 cm³/mol. The zero-order valence-corrected chi connectivity index (χ0v) is 20.1. The molecule has 0 radical (unpaired) electrons. The Bertz CT molecular complexity index is 1900. The summed E-state index contributed by atoms with van der Waals surface area (Å²) in [5.74, 6) is 1.84. The Labute approximate surface area is 201 Å². The van der Waals surface area contributed by atoms with Crippen molar-refractivity contribution >= 4 is 64.2 Å². The van der Waals surface area contributed by atoms with Gasteiger partial charge in [-0.05, 0) is 29.0 Å².